The molecular formula is C16H28O9. The molecule has 0 atom stereocenters. The Morgan fingerprint density at radius 1 is 0.880 bits per heavy atom. The van der Waals surface area contributed by atoms with E-state index < -0.39 is 23.3 Å². The summed E-state index contributed by atoms with van der Waals surface area (Å²) in [5.41, 5.74) is -0.491. The van der Waals surface area contributed by atoms with Crippen molar-refractivity contribution in [2.24, 2.45) is 5.41 Å². The minimum Gasteiger partial charge on any atom is -0.478 e. The summed E-state index contributed by atoms with van der Waals surface area (Å²) in [5, 5.41) is 49.1. The van der Waals surface area contributed by atoms with Gasteiger partial charge in [-0.2, -0.15) is 0 Å². The van der Waals surface area contributed by atoms with Gasteiger partial charge in [-0.25, -0.2) is 14.4 Å². The molecule has 0 spiro atoms. The Balaban J connectivity index is -0.000000122. The van der Waals surface area contributed by atoms with Gasteiger partial charge in [0.05, 0.1) is 19.8 Å². The van der Waals surface area contributed by atoms with Crippen LogP contribution in [-0.4, -0.2) is 68.4 Å². The lowest BCUT2D eigenvalue weighted by molar-refractivity contribution is -0.133. The molecule has 0 saturated heterocycles. The van der Waals surface area contributed by atoms with Crippen molar-refractivity contribution in [2.75, 3.05) is 19.8 Å². The second kappa shape index (κ2) is 19.6. The Kier molecular flexibility index (Phi) is 23.8. The molecule has 0 aromatic rings. The van der Waals surface area contributed by atoms with Crippen molar-refractivity contribution in [3.63, 3.8) is 0 Å². The van der Waals surface area contributed by atoms with Gasteiger partial charge in [-0.1, -0.05) is 26.7 Å². The van der Waals surface area contributed by atoms with Gasteiger partial charge in [0.15, 0.2) is 0 Å². The van der Waals surface area contributed by atoms with Gasteiger partial charge in [-0.05, 0) is 13.3 Å². The summed E-state index contributed by atoms with van der Waals surface area (Å²) in [7, 11) is 0. The summed E-state index contributed by atoms with van der Waals surface area (Å²) < 4.78 is 0. The van der Waals surface area contributed by atoms with Crippen LogP contribution in [0.4, 0.5) is 0 Å². The summed E-state index contributed by atoms with van der Waals surface area (Å²) in [4.78, 5) is 28.1. The van der Waals surface area contributed by atoms with E-state index in [-0.39, 0.29) is 25.4 Å². The van der Waals surface area contributed by atoms with Crippen LogP contribution in [-0.2, 0) is 14.4 Å². The van der Waals surface area contributed by atoms with Crippen LogP contribution < -0.4 is 0 Å². The lowest BCUT2D eigenvalue weighted by Gasteiger charge is -2.24. The molecule has 0 amide bonds. The zero-order valence-electron chi connectivity index (χ0n) is 14.5. The van der Waals surface area contributed by atoms with Crippen molar-refractivity contribution < 1.29 is 45.0 Å². The number of aliphatic hydroxyl groups excluding tert-OH is 3. The Morgan fingerprint density at radius 3 is 1.08 bits per heavy atom. The first-order valence-electron chi connectivity index (χ1n) is 6.85. The number of hydrogen-bond acceptors (Lipinski definition) is 6. The lowest BCUT2D eigenvalue weighted by Crippen LogP contribution is -2.32. The number of hydrogen-bond donors (Lipinski definition) is 6. The maximum atomic E-state index is 9.60. The van der Waals surface area contributed by atoms with Crippen LogP contribution >= 0.6 is 0 Å². The highest BCUT2D eigenvalue weighted by atomic mass is 16.4. The summed E-state index contributed by atoms with van der Waals surface area (Å²) >= 11 is 0. The van der Waals surface area contributed by atoms with Crippen LogP contribution in [0.25, 0.3) is 0 Å². The van der Waals surface area contributed by atoms with Crippen LogP contribution in [0.1, 0.15) is 20.3 Å². The quantitative estimate of drug-likeness (QED) is 0.352. The van der Waals surface area contributed by atoms with Crippen LogP contribution in [0.15, 0.2) is 37.5 Å². The maximum absolute atomic E-state index is 9.60. The highest BCUT2D eigenvalue weighted by molar-refractivity contribution is 5.84. The third kappa shape index (κ3) is 26.7. The number of aliphatic hydroxyl groups is 3. The predicted octanol–water partition coefficient (Wildman–Crippen LogP) is 0.521. The zero-order chi connectivity index (χ0) is 21.1. The highest BCUT2D eigenvalue weighted by Crippen LogP contribution is 2.18. The van der Waals surface area contributed by atoms with Gasteiger partial charge in [0, 0.05) is 23.1 Å². The van der Waals surface area contributed by atoms with Crippen LogP contribution in [0.2, 0.25) is 0 Å². The minimum atomic E-state index is -0.981. The van der Waals surface area contributed by atoms with Crippen molar-refractivity contribution in [2.45, 2.75) is 20.3 Å². The van der Waals surface area contributed by atoms with Crippen molar-refractivity contribution >= 4 is 17.9 Å². The first kappa shape index (κ1) is 30.4. The minimum absolute atomic E-state index is 0.156. The first-order valence-corrected chi connectivity index (χ1v) is 6.85. The maximum Gasteiger partial charge on any atom is 0.330 e. The second-order valence-electron chi connectivity index (χ2n) is 4.50. The highest BCUT2D eigenvalue weighted by Gasteiger charge is 2.24. The molecule has 0 aromatic heterocycles. The van der Waals surface area contributed by atoms with Crippen molar-refractivity contribution in [1.82, 2.24) is 0 Å². The molecule has 0 heterocycles. The fourth-order valence-electron chi connectivity index (χ4n) is 0.485. The Labute approximate surface area is 146 Å². The molecule has 0 unspecified atom stereocenters. The molecule has 0 aliphatic rings. The second-order valence-corrected chi connectivity index (χ2v) is 4.50. The third-order valence-corrected chi connectivity index (χ3v) is 2.47. The summed E-state index contributed by atoms with van der Waals surface area (Å²) in [6, 6.07) is 0. The summed E-state index contributed by atoms with van der Waals surface area (Å²) in [5.74, 6) is -2.90. The molecule has 146 valence electrons. The molecule has 0 radical (unpaired) electrons. The smallest absolute Gasteiger partial charge is 0.330 e. The molecule has 0 aliphatic heterocycles. The molecule has 6 N–H and O–H groups in total. The van der Waals surface area contributed by atoms with E-state index in [2.05, 4.69) is 19.7 Å². The van der Waals surface area contributed by atoms with Gasteiger partial charge in [-0.15, -0.1) is 0 Å². The number of aliphatic carboxylic acids is 3. The standard InChI is InChI=1S/C6H14O3.C4H6O2.2C3H4O2/c1-2-6(3-7,4-8)5-9;1-3(2)4(5)6;2*1-2-3(4)5/h7-9H,2-5H2,1H3;1H2,2H3,(H,5,6);2*2H,1H2,(H,4,5). The number of carboxylic acid groups (broad SMARTS) is 3. The van der Waals surface area contributed by atoms with Gasteiger partial charge >= 0.3 is 17.9 Å². The number of carbonyl (C=O) groups is 3. The monoisotopic (exact) mass is 364 g/mol. The molecule has 0 aromatic carbocycles. The van der Waals surface area contributed by atoms with E-state index in [0.717, 1.165) is 12.2 Å². The Morgan fingerprint density at radius 2 is 1.08 bits per heavy atom. The SMILES string of the molecule is C=C(C)C(=O)O.C=CC(=O)O.C=CC(=O)O.CCC(CO)(CO)CO. The topological polar surface area (TPSA) is 173 Å². The zero-order valence-corrected chi connectivity index (χ0v) is 14.5. The van der Waals surface area contributed by atoms with Gasteiger partial charge in [0.25, 0.3) is 0 Å². The Hall–Kier alpha value is -2.49. The van der Waals surface area contributed by atoms with E-state index in [0.29, 0.717) is 6.42 Å². The van der Waals surface area contributed by atoms with Gasteiger partial charge in [-0.3, -0.25) is 0 Å². The van der Waals surface area contributed by atoms with Gasteiger partial charge in [0.2, 0.25) is 0 Å². The summed E-state index contributed by atoms with van der Waals surface area (Å²) in [6.45, 7) is 11.9. The normalized spacial score (nSPS) is 8.68. The van der Waals surface area contributed by atoms with Crippen LogP contribution in [0.5, 0.6) is 0 Å². The van der Waals surface area contributed by atoms with Crippen molar-refractivity contribution in [3.8, 4) is 0 Å². The van der Waals surface area contributed by atoms with Crippen molar-refractivity contribution in [1.29, 1.82) is 0 Å². The molecule has 9 heteroatoms. The Bertz CT molecular complexity index is 376. The fraction of sp³-hybridized carbons (Fsp3) is 0.438. The molecule has 25 heavy (non-hydrogen) atoms. The van der Waals surface area contributed by atoms with E-state index in [9.17, 15) is 14.4 Å². The lowest BCUT2D eigenvalue weighted by atomic mass is 9.88. The number of carboxylic acids is 3. The summed E-state index contributed by atoms with van der Waals surface area (Å²) in [6.07, 6.45) is 2.26. The molecule has 0 aliphatic carbocycles. The van der Waals surface area contributed by atoms with E-state index in [1.54, 1.807) is 0 Å². The van der Waals surface area contributed by atoms with E-state index >= 15 is 0 Å². The first-order chi connectivity index (χ1) is 11.4. The van der Waals surface area contributed by atoms with Crippen LogP contribution in [0, 0.1) is 5.41 Å². The molecule has 9 nitrogen and oxygen atoms in total. The molecule has 0 fully saturated rings. The van der Waals surface area contributed by atoms with E-state index in [1.165, 1.54) is 6.92 Å². The fourth-order valence-corrected chi connectivity index (χ4v) is 0.485. The van der Waals surface area contributed by atoms with E-state index in [1.807, 2.05) is 6.92 Å². The van der Waals surface area contributed by atoms with Crippen LogP contribution in [0.3, 0.4) is 0 Å². The largest absolute Gasteiger partial charge is 0.478 e. The predicted molar refractivity (Wildman–Crippen MR) is 92.1 cm³/mol. The average molecular weight is 364 g/mol. The van der Waals surface area contributed by atoms with Gasteiger partial charge < -0.3 is 30.6 Å². The number of rotatable bonds is 7. The molecule has 0 saturated carbocycles. The van der Waals surface area contributed by atoms with E-state index in [4.69, 9.17) is 30.6 Å². The molecule has 0 rings (SSSR count). The third-order valence-electron chi connectivity index (χ3n) is 2.47. The van der Waals surface area contributed by atoms with Gasteiger partial charge in [0.1, 0.15) is 0 Å². The molecular weight excluding hydrogens is 336 g/mol. The van der Waals surface area contributed by atoms with Crippen molar-refractivity contribution in [3.05, 3.63) is 37.5 Å². The molecule has 0 bridgehead atoms. The average Bonchev–Trinajstić information content (AvgIpc) is 2.59.